The van der Waals surface area contributed by atoms with Gasteiger partial charge in [0.25, 0.3) is 0 Å². The van der Waals surface area contributed by atoms with Crippen LogP contribution >= 0.6 is 23.1 Å². The van der Waals surface area contributed by atoms with Crippen molar-refractivity contribution in [3.63, 3.8) is 0 Å². The number of hydrogen-bond acceptors (Lipinski definition) is 7. The number of carbonyl (C=O) groups excluding carboxylic acids is 2. The normalized spacial score (nSPS) is 10.8. The number of ether oxygens (including phenoxy) is 1. The molecule has 2 heterocycles. The first kappa shape index (κ1) is 23.7. The number of aryl methyl sites for hydroxylation is 1. The van der Waals surface area contributed by atoms with E-state index in [-0.39, 0.29) is 11.7 Å². The minimum atomic E-state index is -0.481. The lowest BCUT2D eigenvalue weighted by Gasteiger charge is -2.08. The van der Waals surface area contributed by atoms with Gasteiger partial charge in [0.1, 0.15) is 16.4 Å². The molecule has 7 nitrogen and oxygen atoms in total. The van der Waals surface area contributed by atoms with E-state index in [0.29, 0.717) is 22.1 Å². The predicted molar refractivity (Wildman–Crippen MR) is 135 cm³/mol. The van der Waals surface area contributed by atoms with E-state index in [1.54, 1.807) is 0 Å². The molecule has 0 aliphatic heterocycles. The molecule has 0 unspecified atom stereocenters. The van der Waals surface area contributed by atoms with Crippen molar-refractivity contribution in [3.8, 4) is 11.1 Å². The summed E-state index contributed by atoms with van der Waals surface area (Å²) >= 11 is 2.66. The number of methoxy groups -OCH3 is 1. The number of nitrogens with one attached hydrogen (secondary N) is 1. The number of amides is 1. The summed E-state index contributed by atoms with van der Waals surface area (Å²) in [6.07, 6.45) is 0.663. The van der Waals surface area contributed by atoms with Gasteiger partial charge in [0, 0.05) is 23.9 Å². The minimum Gasteiger partial charge on any atom is -0.465 e. The van der Waals surface area contributed by atoms with Gasteiger partial charge in [-0.25, -0.2) is 4.79 Å². The number of anilines is 1. The van der Waals surface area contributed by atoms with Crippen molar-refractivity contribution in [3.05, 3.63) is 82.5 Å². The molecule has 0 saturated carbocycles. The number of aromatic nitrogens is 3. The summed E-state index contributed by atoms with van der Waals surface area (Å²) in [5, 5.41) is 12.5. The van der Waals surface area contributed by atoms with E-state index in [2.05, 4.69) is 15.5 Å². The van der Waals surface area contributed by atoms with Crippen molar-refractivity contribution in [1.29, 1.82) is 0 Å². The maximum atomic E-state index is 12.8. The lowest BCUT2D eigenvalue weighted by atomic mass is 10.0. The molecule has 0 atom stereocenters. The van der Waals surface area contributed by atoms with Crippen LogP contribution in [0.4, 0.5) is 5.00 Å². The van der Waals surface area contributed by atoms with Crippen LogP contribution in [0.25, 0.3) is 11.1 Å². The Labute approximate surface area is 206 Å². The number of thioether (sulfide) groups is 1. The van der Waals surface area contributed by atoms with Crippen molar-refractivity contribution in [1.82, 2.24) is 14.8 Å². The SMILES string of the molecule is COC(=O)c1c(NC(=O)CSc2nnc(Cc3ccccc3)n2C)sc(C)c1-c1ccccc1. The first-order valence-electron chi connectivity index (χ1n) is 10.6. The number of benzene rings is 2. The van der Waals surface area contributed by atoms with Crippen LogP contribution in [0.5, 0.6) is 0 Å². The smallest absolute Gasteiger partial charge is 0.341 e. The van der Waals surface area contributed by atoms with E-state index < -0.39 is 5.97 Å². The Morgan fingerprint density at radius 2 is 1.74 bits per heavy atom. The third-order valence-corrected chi connectivity index (χ3v) is 7.29. The summed E-state index contributed by atoms with van der Waals surface area (Å²) in [5.41, 5.74) is 3.19. The molecule has 2 aromatic heterocycles. The molecular weight excluding hydrogens is 468 g/mol. The number of hydrogen-bond donors (Lipinski definition) is 1. The maximum Gasteiger partial charge on any atom is 0.341 e. The zero-order chi connectivity index (χ0) is 24.1. The fraction of sp³-hybridized carbons (Fsp3) is 0.200. The second-order valence-corrected chi connectivity index (χ2v) is 9.72. The minimum absolute atomic E-state index is 0.134. The van der Waals surface area contributed by atoms with Crippen molar-refractivity contribution in [2.45, 2.75) is 18.5 Å². The maximum absolute atomic E-state index is 12.8. The molecule has 4 rings (SSSR count). The number of thiophene rings is 1. The molecule has 2 aromatic carbocycles. The van der Waals surface area contributed by atoms with Crippen molar-refractivity contribution in [2.75, 3.05) is 18.2 Å². The predicted octanol–water partition coefficient (Wildman–Crippen LogP) is 4.96. The summed E-state index contributed by atoms with van der Waals surface area (Å²) in [6, 6.07) is 19.7. The Hall–Kier alpha value is -3.43. The topological polar surface area (TPSA) is 86.1 Å². The summed E-state index contributed by atoms with van der Waals surface area (Å²) in [4.78, 5) is 26.3. The van der Waals surface area contributed by atoms with Crippen LogP contribution in [0.15, 0.2) is 65.8 Å². The van der Waals surface area contributed by atoms with Gasteiger partial charge in [-0.3, -0.25) is 4.79 Å². The van der Waals surface area contributed by atoms with Gasteiger partial charge in [-0.2, -0.15) is 0 Å². The molecule has 174 valence electrons. The highest BCUT2D eigenvalue weighted by Gasteiger charge is 2.25. The van der Waals surface area contributed by atoms with E-state index in [1.807, 2.05) is 79.2 Å². The van der Waals surface area contributed by atoms with Crippen molar-refractivity contribution < 1.29 is 14.3 Å². The van der Waals surface area contributed by atoms with Gasteiger partial charge in [-0.05, 0) is 18.1 Å². The molecule has 0 bridgehead atoms. The second-order valence-electron chi connectivity index (χ2n) is 7.55. The van der Waals surface area contributed by atoms with Gasteiger partial charge in [0.05, 0.1) is 12.9 Å². The molecule has 0 saturated heterocycles. The first-order chi connectivity index (χ1) is 16.5. The first-order valence-corrected chi connectivity index (χ1v) is 12.4. The number of nitrogens with zero attached hydrogens (tertiary/aromatic N) is 3. The van der Waals surface area contributed by atoms with Crippen molar-refractivity contribution in [2.24, 2.45) is 7.05 Å². The van der Waals surface area contributed by atoms with Crippen LogP contribution in [-0.2, 0) is 23.0 Å². The zero-order valence-electron chi connectivity index (χ0n) is 19.1. The van der Waals surface area contributed by atoms with E-state index in [4.69, 9.17) is 4.74 Å². The summed E-state index contributed by atoms with van der Waals surface area (Å²) in [5.74, 6) is 0.243. The third-order valence-electron chi connectivity index (χ3n) is 5.25. The second kappa shape index (κ2) is 10.7. The third kappa shape index (κ3) is 5.21. The Bertz CT molecular complexity index is 1300. The molecule has 0 fully saturated rings. The van der Waals surface area contributed by atoms with Crippen LogP contribution in [0.1, 0.15) is 26.6 Å². The largest absolute Gasteiger partial charge is 0.465 e. The summed E-state index contributed by atoms with van der Waals surface area (Å²) < 4.78 is 6.92. The molecule has 0 aliphatic carbocycles. The standard InChI is InChI=1S/C25H24N4O3S2/c1-16-21(18-12-8-5-9-13-18)22(24(31)32-3)23(34-16)26-20(30)15-33-25-28-27-19(29(25)2)14-17-10-6-4-7-11-17/h4-13H,14-15H2,1-3H3,(H,26,30). The van der Waals surface area contributed by atoms with Crippen LogP contribution in [-0.4, -0.2) is 39.5 Å². The fourth-order valence-electron chi connectivity index (χ4n) is 3.58. The van der Waals surface area contributed by atoms with Gasteiger partial charge >= 0.3 is 5.97 Å². The summed E-state index contributed by atoms with van der Waals surface area (Å²) in [6.45, 7) is 1.93. The fourth-order valence-corrected chi connectivity index (χ4v) is 5.39. The Kier molecular flexibility index (Phi) is 7.44. The van der Waals surface area contributed by atoms with Gasteiger partial charge in [0.15, 0.2) is 5.16 Å². The van der Waals surface area contributed by atoms with Gasteiger partial charge in [-0.15, -0.1) is 21.5 Å². The monoisotopic (exact) mass is 492 g/mol. The van der Waals surface area contributed by atoms with Gasteiger partial charge < -0.3 is 14.6 Å². The Morgan fingerprint density at radius 1 is 1.06 bits per heavy atom. The van der Waals surface area contributed by atoms with Crippen molar-refractivity contribution >= 4 is 40.0 Å². The van der Waals surface area contributed by atoms with Crippen LogP contribution in [0, 0.1) is 6.92 Å². The lowest BCUT2D eigenvalue weighted by molar-refractivity contribution is -0.113. The molecule has 0 aliphatic rings. The van der Waals surface area contributed by atoms with Crippen LogP contribution in [0.2, 0.25) is 0 Å². The van der Waals surface area contributed by atoms with Crippen LogP contribution < -0.4 is 5.32 Å². The highest BCUT2D eigenvalue weighted by atomic mass is 32.2. The average molecular weight is 493 g/mol. The van der Waals surface area contributed by atoms with E-state index in [0.717, 1.165) is 27.4 Å². The zero-order valence-corrected chi connectivity index (χ0v) is 20.7. The molecule has 0 spiro atoms. The van der Waals surface area contributed by atoms with E-state index >= 15 is 0 Å². The molecule has 34 heavy (non-hydrogen) atoms. The highest BCUT2D eigenvalue weighted by molar-refractivity contribution is 7.99. The molecule has 0 radical (unpaired) electrons. The number of carbonyl (C=O) groups is 2. The van der Waals surface area contributed by atoms with E-state index in [1.165, 1.54) is 30.2 Å². The summed E-state index contributed by atoms with van der Waals surface area (Å²) in [7, 11) is 3.23. The van der Waals surface area contributed by atoms with Gasteiger partial charge in [0.2, 0.25) is 5.91 Å². The number of rotatable bonds is 8. The quantitative estimate of drug-likeness (QED) is 0.276. The van der Waals surface area contributed by atoms with Gasteiger partial charge in [-0.1, -0.05) is 72.4 Å². The molecule has 4 aromatic rings. The average Bonchev–Trinajstić information content (AvgIpc) is 3.37. The Morgan fingerprint density at radius 3 is 2.41 bits per heavy atom. The molecule has 1 N–H and O–H groups in total. The molecule has 1 amide bonds. The Balaban J connectivity index is 1.47. The molecule has 9 heteroatoms. The highest BCUT2D eigenvalue weighted by Crippen LogP contribution is 2.40. The van der Waals surface area contributed by atoms with Crippen LogP contribution in [0.3, 0.4) is 0 Å². The molecular formula is C25H24N4O3S2. The van der Waals surface area contributed by atoms with E-state index in [9.17, 15) is 9.59 Å². The number of esters is 1. The lowest BCUT2D eigenvalue weighted by Crippen LogP contribution is -2.16.